The van der Waals surface area contributed by atoms with E-state index in [1.165, 1.54) is 11.0 Å². The summed E-state index contributed by atoms with van der Waals surface area (Å²) in [5.41, 5.74) is 0.161. The molecule has 0 atom stereocenters. The van der Waals surface area contributed by atoms with E-state index in [9.17, 15) is 27.6 Å². The van der Waals surface area contributed by atoms with Gasteiger partial charge in [-0.1, -0.05) is 6.07 Å². The number of halogens is 3. The maximum Gasteiger partial charge on any atom is 0.416 e. The third-order valence-corrected chi connectivity index (χ3v) is 6.32. The fourth-order valence-corrected chi connectivity index (χ4v) is 4.14. The molecule has 5 rings (SSSR count). The van der Waals surface area contributed by atoms with Crippen LogP contribution in [0.25, 0.3) is 11.0 Å². The Balaban J connectivity index is 1.59. The molecule has 3 aromatic rings. The SMILES string of the molecule is O=CC1(Cn2/c(=N/C(=O)c3cccc(C(F)(F)F)c3)[nH]c3cc(N4CCCOC4=O)ccc32)CC1. The van der Waals surface area contributed by atoms with Crippen molar-refractivity contribution in [3.05, 3.63) is 59.2 Å². The lowest BCUT2D eigenvalue weighted by Crippen LogP contribution is -2.37. The molecule has 0 unspecified atom stereocenters. The summed E-state index contributed by atoms with van der Waals surface area (Å²) in [5, 5.41) is 0. The first-order valence-electron chi connectivity index (χ1n) is 11.1. The van der Waals surface area contributed by atoms with E-state index in [4.69, 9.17) is 4.74 Å². The lowest BCUT2D eigenvalue weighted by molar-refractivity contribution is -0.137. The normalized spacial score (nSPS) is 18.0. The van der Waals surface area contributed by atoms with Crippen molar-refractivity contribution < 1.29 is 32.3 Å². The molecule has 1 aliphatic heterocycles. The molecule has 2 heterocycles. The Morgan fingerprint density at radius 1 is 1.20 bits per heavy atom. The van der Waals surface area contributed by atoms with Gasteiger partial charge in [0, 0.05) is 29.8 Å². The number of carbonyl (C=O) groups is 3. The summed E-state index contributed by atoms with van der Waals surface area (Å²) in [6, 6.07) is 9.26. The van der Waals surface area contributed by atoms with Gasteiger partial charge in [-0.15, -0.1) is 0 Å². The van der Waals surface area contributed by atoms with Crippen LogP contribution in [0.3, 0.4) is 0 Å². The number of rotatable bonds is 5. The molecule has 11 heteroatoms. The second-order valence-corrected chi connectivity index (χ2v) is 8.83. The maximum absolute atomic E-state index is 13.1. The third kappa shape index (κ3) is 4.45. The quantitative estimate of drug-likeness (QED) is 0.550. The molecule has 8 nitrogen and oxygen atoms in total. The van der Waals surface area contributed by atoms with Crippen LogP contribution in [0.15, 0.2) is 47.5 Å². The van der Waals surface area contributed by atoms with Crippen molar-refractivity contribution in [3.63, 3.8) is 0 Å². The molecule has 1 N–H and O–H groups in total. The number of amides is 2. The number of anilines is 1. The van der Waals surface area contributed by atoms with Gasteiger partial charge in [-0.05, 0) is 55.7 Å². The van der Waals surface area contributed by atoms with E-state index in [2.05, 4.69) is 9.98 Å². The number of cyclic esters (lactones) is 1. The summed E-state index contributed by atoms with van der Waals surface area (Å²) in [5.74, 6) is -0.854. The maximum atomic E-state index is 13.1. The molecule has 0 radical (unpaired) electrons. The summed E-state index contributed by atoms with van der Waals surface area (Å²) in [6.07, 6.45) is -2.11. The van der Waals surface area contributed by atoms with Crippen LogP contribution in [0.5, 0.6) is 0 Å². The van der Waals surface area contributed by atoms with Crippen molar-refractivity contribution >= 4 is 35.0 Å². The Hall–Kier alpha value is -3.89. The number of H-pyrrole nitrogens is 1. The van der Waals surface area contributed by atoms with E-state index >= 15 is 0 Å². The number of imidazole rings is 1. The summed E-state index contributed by atoms with van der Waals surface area (Å²) in [7, 11) is 0. The second-order valence-electron chi connectivity index (χ2n) is 8.83. The van der Waals surface area contributed by atoms with Gasteiger partial charge in [0.05, 0.1) is 23.2 Å². The summed E-state index contributed by atoms with van der Waals surface area (Å²) in [4.78, 5) is 45.2. The standard InChI is InChI=1S/C24H21F3N4O4/c25-24(26,27)16-4-1-3-15(11-16)20(33)29-21-28-18-12-17(30-9-2-10-35-22(30)34)5-6-19(18)31(21)13-23(14-32)7-8-23/h1,3-6,11-12,14H,2,7-10,13H2,(H,28,29,33). The Kier molecular flexibility index (Phi) is 5.49. The van der Waals surface area contributed by atoms with E-state index in [-0.39, 0.29) is 17.7 Å². The van der Waals surface area contributed by atoms with E-state index in [0.29, 0.717) is 49.1 Å². The number of nitrogens with one attached hydrogen (secondary N) is 1. The predicted molar refractivity (Wildman–Crippen MR) is 119 cm³/mol. The zero-order valence-electron chi connectivity index (χ0n) is 18.5. The van der Waals surface area contributed by atoms with Crippen molar-refractivity contribution in [2.45, 2.75) is 32.0 Å². The van der Waals surface area contributed by atoms with Gasteiger partial charge in [-0.25, -0.2) is 4.79 Å². The highest BCUT2D eigenvalue weighted by atomic mass is 19.4. The first-order valence-corrected chi connectivity index (χ1v) is 11.1. The highest BCUT2D eigenvalue weighted by molar-refractivity contribution is 5.95. The van der Waals surface area contributed by atoms with Crippen molar-refractivity contribution in [3.8, 4) is 0 Å². The predicted octanol–water partition coefficient (Wildman–Crippen LogP) is 4.06. The number of hydrogen-bond acceptors (Lipinski definition) is 4. The molecule has 1 saturated carbocycles. The fraction of sp³-hybridized carbons (Fsp3) is 0.333. The molecule has 0 bridgehead atoms. The van der Waals surface area contributed by atoms with Crippen LogP contribution in [-0.2, 0) is 22.3 Å². The van der Waals surface area contributed by atoms with Gasteiger partial charge in [0.15, 0.2) is 0 Å². The van der Waals surface area contributed by atoms with Crippen molar-refractivity contribution in [1.29, 1.82) is 0 Å². The zero-order valence-corrected chi connectivity index (χ0v) is 18.5. The smallest absolute Gasteiger partial charge is 0.416 e. The summed E-state index contributed by atoms with van der Waals surface area (Å²) < 4.78 is 46.1. The first-order chi connectivity index (χ1) is 16.7. The second kappa shape index (κ2) is 8.40. The number of aromatic nitrogens is 2. The monoisotopic (exact) mass is 486 g/mol. The van der Waals surface area contributed by atoms with Crippen LogP contribution >= 0.6 is 0 Å². The van der Waals surface area contributed by atoms with Crippen LogP contribution in [0, 0.1) is 5.41 Å². The number of aromatic amines is 1. The third-order valence-electron chi connectivity index (χ3n) is 6.32. The Morgan fingerprint density at radius 2 is 2.00 bits per heavy atom. The average Bonchev–Trinajstić information content (AvgIpc) is 3.54. The van der Waals surface area contributed by atoms with Crippen molar-refractivity contribution in [2.75, 3.05) is 18.1 Å². The highest BCUT2D eigenvalue weighted by Crippen LogP contribution is 2.45. The van der Waals surface area contributed by atoms with Gasteiger partial charge >= 0.3 is 12.3 Å². The van der Waals surface area contributed by atoms with Gasteiger partial charge in [0.25, 0.3) is 5.91 Å². The number of nitrogens with zero attached hydrogens (tertiary/aromatic N) is 3. The van der Waals surface area contributed by atoms with Crippen molar-refractivity contribution in [2.24, 2.45) is 10.4 Å². The number of hydrogen-bond donors (Lipinski definition) is 1. The molecule has 2 amide bonds. The van der Waals surface area contributed by atoms with Gasteiger partial charge < -0.3 is 19.1 Å². The topological polar surface area (TPSA) is 96.8 Å². The van der Waals surface area contributed by atoms with Crippen LogP contribution in [-0.4, -0.2) is 41.0 Å². The Morgan fingerprint density at radius 3 is 2.69 bits per heavy atom. The first kappa shape index (κ1) is 22.9. The summed E-state index contributed by atoms with van der Waals surface area (Å²) >= 11 is 0. The van der Waals surface area contributed by atoms with Crippen LogP contribution in [0.2, 0.25) is 0 Å². The van der Waals surface area contributed by atoms with Crippen LogP contribution < -0.4 is 10.5 Å². The number of alkyl halides is 3. The minimum atomic E-state index is -4.59. The van der Waals surface area contributed by atoms with Gasteiger partial charge in [-0.2, -0.15) is 18.2 Å². The minimum absolute atomic E-state index is 0.105. The van der Waals surface area contributed by atoms with E-state index in [1.807, 2.05) is 0 Å². The largest absolute Gasteiger partial charge is 0.449 e. The molecule has 1 saturated heterocycles. The lowest BCUT2D eigenvalue weighted by Gasteiger charge is -2.26. The van der Waals surface area contributed by atoms with E-state index in [0.717, 1.165) is 24.5 Å². The number of ether oxygens (including phenoxy) is 1. The minimum Gasteiger partial charge on any atom is -0.449 e. The molecule has 1 aliphatic carbocycles. The molecule has 0 spiro atoms. The van der Waals surface area contributed by atoms with Gasteiger partial charge in [0.2, 0.25) is 5.62 Å². The van der Waals surface area contributed by atoms with Gasteiger partial charge in [-0.3, -0.25) is 9.69 Å². The molecule has 2 aliphatic rings. The molecular weight excluding hydrogens is 465 g/mol. The Labute approximate surface area is 197 Å². The van der Waals surface area contributed by atoms with E-state index in [1.54, 1.807) is 22.8 Å². The number of benzene rings is 2. The molecule has 2 fully saturated rings. The molecule has 182 valence electrons. The fourth-order valence-electron chi connectivity index (χ4n) is 4.14. The molecule has 1 aromatic heterocycles. The Bertz CT molecular complexity index is 1400. The highest BCUT2D eigenvalue weighted by Gasteiger charge is 2.43. The average molecular weight is 486 g/mol. The van der Waals surface area contributed by atoms with Crippen LogP contribution in [0.1, 0.15) is 35.2 Å². The number of fused-ring (bicyclic) bond motifs is 1. The molecular formula is C24H21F3N4O4. The number of carbonyl (C=O) groups excluding carboxylic acids is 3. The molecule has 2 aromatic carbocycles. The lowest BCUT2D eigenvalue weighted by atomic mass is 10.1. The van der Waals surface area contributed by atoms with E-state index < -0.39 is 29.2 Å². The van der Waals surface area contributed by atoms with Crippen molar-refractivity contribution in [1.82, 2.24) is 9.55 Å². The zero-order chi connectivity index (χ0) is 24.8. The number of aldehydes is 1. The van der Waals surface area contributed by atoms with Crippen LogP contribution in [0.4, 0.5) is 23.7 Å². The molecule has 35 heavy (non-hydrogen) atoms. The van der Waals surface area contributed by atoms with Gasteiger partial charge in [0.1, 0.15) is 6.29 Å². The summed E-state index contributed by atoms with van der Waals surface area (Å²) in [6.45, 7) is 1.11.